The Morgan fingerprint density at radius 3 is 2.33 bits per heavy atom. The number of nitrogens with one attached hydrogen (secondary N) is 2. The smallest absolute Gasteiger partial charge is 0.315 e. The summed E-state index contributed by atoms with van der Waals surface area (Å²) in [7, 11) is 0. The standard InChI is InChI=1S/C18H23F2N3O/c19-14-2-1-3-15(20)17(14)13-10-16(13)22-18(24)21-11-6-8-23(9-7-11)12-4-5-12/h1-3,11-13,16H,4-10H2,(H2,21,22,24). The number of rotatable bonds is 4. The quantitative estimate of drug-likeness (QED) is 0.889. The molecule has 2 amide bonds. The molecule has 0 aromatic heterocycles. The zero-order valence-corrected chi connectivity index (χ0v) is 13.6. The van der Waals surface area contributed by atoms with E-state index in [1.54, 1.807) is 0 Å². The number of benzene rings is 1. The van der Waals surface area contributed by atoms with Gasteiger partial charge in [0.25, 0.3) is 0 Å². The number of amides is 2. The first-order chi connectivity index (χ1) is 11.6. The van der Waals surface area contributed by atoms with Crippen LogP contribution in [0.4, 0.5) is 13.6 Å². The first-order valence-electron chi connectivity index (χ1n) is 8.87. The molecule has 3 aliphatic rings. The molecule has 0 radical (unpaired) electrons. The van der Waals surface area contributed by atoms with E-state index in [-0.39, 0.29) is 29.6 Å². The molecule has 24 heavy (non-hydrogen) atoms. The van der Waals surface area contributed by atoms with Crippen molar-refractivity contribution in [3.05, 3.63) is 35.4 Å². The largest absolute Gasteiger partial charge is 0.335 e. The van der Waals surface area contributed by atoms with Crippen molar-refractivity contribution in [3.8, 4) is 0 Å². The van der Waals surface area contributed by atoms with Gasteiger partial charge in [0.15, 0.2) is 0 Å². The number of piperidine rings is 1. The molecular formula is C18H23F2N3O. The van der Waals surface area contributed by atoms with Gasteiger partial charge in [0.05, 0.1) is 0 Å². The van der Waals surface area contributed by atoms with Gasteiger partial charge in [-0.05, 0) is 44.2 Å². The van der Waals surface area contributed by atoms with E-state index >= 15 is 0 Å². The molecular weight excluding hydrogens is 312 g/mol. The topological polar surface area (TPSA) is 44.4 Å². The molecule has 1 heterocycles. The highest BCUT2D eigenvalue weighted by Gasteiger charge is 2.43. The third kappa shape index (κ3) is 3.38. The molecule has 1 aliphatic heterocycles. The van der Waals surface area contributed by atoms with Crippen LogP contribution in [0.2, 0.25) is 0 Å². The van der Waals surface area contributed by atoms with Gasteiger partial charge in [0.1, 0.15) is 11.6 Å². The summed E-state index contributed by atoms with van der Waals surface area (Å²) in [6, 6.07) is 4.47. The first-order valence-corrected chi connectivity index (χ1v) is 8.87. The first kappa shape index (κ1) is 15.8. The molecule has 3 fully saturated rings. The molecule has 6 heteroatoms. The van der Waals surface area contributed by atoms with E-state index in [2.05, 4.69) is 15.5 Å². The predicted molar refractivity (Wildman–Crippen MR) is 86.8 cm³/mol. The number of nitrogens with zero attached hydrogens (tertiary/aromatic N) is 1. The van der Waals surface area contributed by atoms with Crippen LogP contribution in [-0.4, -0.2) is 42.1 Å². The van der Waals surface area contributed by atoms with E-state index < -0.39 is 11.6 Å². The third-order valence-electron chi connectivity index (χ3n) is 5.41. The Hall–Kier alpha value is -1.69. The molecule has 2 N–H and O–H groups in total. The number of carbonyl (C=O) groups is 1. The maximum Gasteiger partial charge on any atom is 0.315 e. The van der Waals surface area contributed by atoms with Crippen LogP contribution in [0.25, 0.3) is 0 Å². The Labute approximate surface area is 140 Å². The molecule has 1 saturated heterocycles. The summed E-state index contributed by atoms with van der Waals surface area (Å²) >= 11 is 0. The van der Waals surface area contributed by atoms with Crippen molar-refractivity contribution in [1.29, 1.82) is 0 Å². The summed E-state index contributed by atoms with van der Waals surface area (Å²) in [5, 5.41) is 5.86. The minimum absolute atomic E-state index is 0.0977. The fourth-order valence-corrected chi connectivity index (χ4v) is 3.78. The monoisotopic (exact) mass is 335 g/mol. The number of urea groups is 1. The normalized spacial score (nSPS) is 27.8. The van der Waals surface area contributed by atoms with Crippen molar-refractivity contribution in [2.45, 2.75) is 56.1 Å². The van der Waals surface area contributed by atoms with E-state index in [0.29, 0.717) is 6.42 Å². The lowest BCUT2D eigenvalue weighted by atomic mass is 10.1. The highest BCUT2D eigenvalue weighted by Crippen LogP contribution is 2.43. The van der Waals surface area contributed by atoms with Crippen LogP contribution in [0.1, 0.15) is 43.6 Å². The summed E-state index contributed by atoms with van der Waals surface area (Å²) in [6.07, 6.45) is 5.16. The molecule has 0 spiro atoms. The Morgan fingerprint density at radius 2 is 1.71 bits per heavy atom. The SMILES string of the molecule is O=C(NC1CCN(C2CC2)CC1)NC1CC1c1c(F)cccc1F. The van der Waals surface area contributed by atoms with Gasteiger partial charge in [-0.2, -0.15) is 0 Å². The molecule has 0 bridgehead atoms. The van der Waals surface area contributed by atoms with E-state index in [0.717, 1.165) is 32.0 Å². The van der Waals surface area contributed by atoms with Crippen LogP contribution >= 0.6 is 0 Å². The molecule has 1 aromatic carbocycles. The van der Waals surface area contributed by atoms with Crippen molar-refractivity contribution < 1.29 is 13.6 Å². The second kappa shape index (κ2) is 6.31. The highest BCUT2D eigenvalue weighted by molar-refractivity contribution is 5.75. The van der Waals surface area contributed by atoms with Crippen LogP contribution < -0.4 is 10.6 Å². The van der Waals surface area contributed by atoms with E-state index in [1.165, 1.54) is 31.0 Å². The lowest BCUT2D eigenvalue weighted by Crippen LogP contribution is -2.48. The van der Waals surface area contributed by atoms with Gasteiger partial charge in [-0.25, -0.2) is 13.6 Å². The fourth-order valence-electron chi connectivity index (χ4n) is 3.78. The van der Waals surface area contributed by atoms with Crippen molar-refractivity contribution in [1.82, 2.24) is 15.5 Å². The molecule has 2 unspecified atom stereocenters. The third-order valence-corrected chi connectivity index (χ3v) is 5.41. The summed E-state index contributed by atoms with van der Waals surface area (Å²) < 4.78 is 27.5. The van der Waals surface area contributed by atoms with Gasteiger partial charge in [-0.3, -0.25) is 0 Å². The lowest BCUT2D eigenvalue weighted by molar-refractivity contribution is 0.186. The molecule has 4 rings (SSSR count). The average molecular weight is 335 g/mol. The summed E-state index contributed by atoms with van der Waals surface area (Å²) in [5.74, 6) is -1.32. The van der Waals surface area contributed by atoms with Crippen molar-refractivity contribution in [2.24, 2.45) is 0 Å². The van der Waals surface area contributed by atoms with Crippen molar-refractivity contribution >= 4 is 6.03 Å². The van der Waals surface area contributed by atoms with Crippen LogP contribution in [0.5, 0.6) is 0 Å². The molecule has 2 atom stereocenters. The zero-order valence-electron chi connectivity index (χ0n) is 13.6. The maximum absolute atomic E-state index is 13.8. The fraction of sp³-hybridized carbons (Fsp3) is 0.611. The van der Waals surface area contributed by atoms with Gasteiger partial charge in [-0.15, -0.1) is 0 Å². The van der Waals surface area contributed by atoms with E-state index in [1.807, 2.05) is 0 Å². The lowest BCUT2D eigenvalue weighted by Gasteiger charge is -2.32. The minimum atomic E-state index is -0.530. The predicted octanol–water partition coefficient (Wildman–Crippen LogP) is 2.75. The number of likely N-dealkylation sites (tertiary alicyclic amines) is 1. The van der Waals surface area contributed by atoms with Gasteiger partial charge in [0, 0.05) is 42.7 Å². The summed E-state index contributed by atoms with van der Waals surface area (Å²) in [6.45, 7) is 2.09. The summed E-state index contributed by atoms with van der Waals surface area (Å²) in [4.78, 5) is 14.6. The minimum Gasteiger partial charge on any atom is -0.335 e. The van der Waals surface area contributed by atoms with Gasteiger partial charge in [0.2, 0.25) is 0 Å². The van der Waals surface area contributed by atoms with Crippen molar-refractivity contribution in [2.75, 3.05) is 13.1 Å². The second-order valence-corrected chi connectivity index (χ2v) is 7.24. The Morgan fingerprint density at radius 1 is 1.04 bits per heavy atom. The average Bonchev–Trinajstić information content (AvgIpc) is 3.44. The molecule has 2 saturated carbocycles. The van der Waals surface area contributed by atoms with Crippen LogP contribution in [-0.2, 0) is 0 Å². The molecule has 1 aromatic rings. The molecule has 4 nitrogen and oxygen atoms in total. The second-order valence-electron chi connectivity index (χ2n) is 7.24. The van der Waals surface area contributed by atoms with Crippen LogP contribution in [0, 0.1) is 11.6 Å². The number of hydrogen-bond donors (Lipinski definition) is 2. The van der Waals surface area contributed by atoms with Gasteiger partial charge >= 0.3 is 6.03 Å². The van der Waals surface area contributed by atoms with Gasteiger partial charge < -0.3 is 15.5 Å². The number of hydrogen-bond acceptors (Lipinski definition) is 2. The maximum atomic E-state index is 13.8. The van der Waals surface area contributed by atoms with Gasteiger partial charge in [-0.1, -0.05) is 6.07 Å². The van der Waals surface area contributed by atoms with Crippen LogP contribution in [0.3, 0.4) is 0 Å². The Kier molecular flexibility index (Phi) is 4.16. The van der Waals surface area contributed by atoms with Crippen LogP contribution in [0.15, 0.2) is 18.2 Å². The Bertz CT molecular complexity index is 606. The van der Waals surface area contributed by atoms with E-state index in [4.69, 9.17) is 0 Å². The Balaban J connectivity index is 1.24. The summed E-state index contributed by atoms with van der Waals surface area (Å²) in [5.41, 5.74) is 0.0977. The highest BCUT2D eigenvalue weighted by atomic mass is 19.1. The number of halogens is 2. The molecule has 2 aliphatic carbocycles. The van der Waals surface area contributed by atoms with E-state index in [9.17, 15) is 13.6 Å². The number of carbonyl (C=O) groups excluding carboxylic acids is 1. The van der Waals surface area contributed by atoms with Crippen molar-refractivity contribution in [3.63, 3.8) is 0 Å². The zero-order chi connectivity index (χ0) is 16.7. The molecule has 130 valence electrons.